The second-order valence-corrected chi connectivity index (χ2v) is 14.6. The van der Waals surface area contributed by atoms with Gasteiger partial charge in [-0.25, -0.2) is 37.8 Å². The highest BCUT2D eigenvalue weighted by atomic mass is 35.5. The fourth-order valence-electron chi connectivity index (χ4n) is 8.07. The molecule has 54 heavy (non-hydrogen) atoms. The average molecular weight is 778 g/mol. The molecule has 0 spiro atoms. The van der Waals surface area contributed by atoms with Crippen LogP contribution in [0.1, 0.15) is 29.6 Å². The van der Waals surface area contributed by atoms with Crippen molar-refractivity contribution in [3.05, 3.63) is 121 Å². The van der Waals surface area contributed by atoms with Crippen LogP contribution in [0.4, 0.5) is 10.1 Å². The molecule has 1 saturated carbocycles. The molecule has 17 heteroatoms. The molecule has 3 aliphatic rings. The maximum absolute atomic E-state index is 14.4. The second-order valence-electron chi connectivity index (χ2n) is 13.4. The third kappa shape index (κ3) is 4.83. The van der Waals surface area contributed by atoms with Crippen molar-refractivity contribution in [3.63, 3.8) is 0 Å². The van der Waals surface area contributed by atoms with Gasteiger partial charge in [-0.1, -0.05) is 18.2 Å². The molecule has 0 bridgehead atoms. The molecule has 1 aliphatic carbocycles. The molecule has 4 unspecified atom stereocenters. The molecule has 4 heterocycles. The summed E-state index contributed by atoms with van der Waals surface area (Å²) in [5.74, 6) is -2.85. The topological polar surface area (TPSA) is 160 Å². The van der Waals surface area contributed by atoms with Crippen LogP contribution in [0.2, 0.25) is 0 Å². The Morgan fingerprint density at radius 3 is 2.33 bits per heavy atom. The first kappa shape index (κ1) is 35.4. The number of anilines is 1. The highest BCUT2D eigenvalue weighted by Crippen LogP contribution is 2.64. The molecular weight excluding hydrogens is 746 g/mol. The number of hydrogen-bond acceptors (Lipinski definition) is 9. The zero-order chi connectivity index (χ0) is 38.4. The molecule has 5 aromatic rings. The number of halogens is 3. The maximum atomic E-state index is 14.4. The number of rotatable bonds is 7. The minimum absolute atomic E-state index is 0.0405. The minimum atomic E-state index is -2.18. The zero-order valence-electron chi connectivity index (χ0n) is 29.0. The highest BCUT2D eigenvalue weighted by Gasteiger charge is 2.75. The lowest BCUT2D eigenvalue weighted by molar-refractivity contribution is -0.122. The summed E-state index contributed by atoms with van der Waals surface area (Å²) in [6.45, 7) is -0.323. The van der Waals surface area contributed by atoms with E-state index in [1.807, 2.05) is 0 Å². The van der Waals surface area contributed by atoms with Gasteiger partial charge in [-0.15, -0.1) is 23.2 Å². The largest absolute Gasteiger partial charge is 0.508 e. The van der Waals surface area contributed by atoms with Crippen molar-refractivity contribution in [2.45, 2.75) is 47.6 Å². The van der Waals surface area contributed by atoms with E-state index in [2.05, 4.69) is 4.98 Å². The number of methoxy groups -OCH3 is 2. The second kappa shape index (κ2) is 12.5. The van der Waals surface area contributed by atoms with Crippen LogP contribution in [0.15, 0.2) is 86.7 Å². The normalized spacial score (nSPS) is 23.2. The highest BCUT2D eigenvalue weighted by molar-refractivity contribution is 6.58. The Morgan fingerprint density at radius 2 is 1.65 bits per heavy atom. The van der Waals surface area contributed by atoms with Gasteiger partial charge < -0.3 is 19.1 Å². The first-order valence-corrected chi connectivity index (χ1v) is 17.6. The van der Waals surface area contributed by atoms with E-state index in [9.17, 15) is 33.5 Å². The van der Waals surface area contributed by atoms with Crippen molar-refractivity contribution in [3.8, 4) is 17.2 Å². The van der Waals surface area contributed by atoms with Crippen LogP contribution in [0, 0.1) is 5.82 Å². The number of alkyl halides is 2. The molecule has 0 radical (unpaired) electrons. The third-order valence-corrected chi connectivity index (χ3v) is 12.1. The molecular formula is C37H31Cl2FN6O8. The van der Waals surface area contributed by atoms with Gasteiger partial charge in [0, 0.05) is 44.5 Å². The first-order valence-electron chi connectivity index (χ1n) is 16.8. The van der Waals surface area contributed by atoms with Crippen LogP contribution < -0.4 is 31.3 Å². The molecule has 2 amide bonds. The van der Waals surface area contributed by atoms with Crippen molar-refractivity contribution >= 4 is 51.7 Å². The van der Waals surface area contributed by atoms with Crippen LogP contribution in [0.25, 0.3) is 11.0 Å². The van der Waals surface area contributed by atoms with E-state index < -0.39 is 56.3 Å². The van der Waals surface area contributed by atoms with E-state index in [1.54, 1.807) is 37.4 Å². The summed E-state index contributed by atoms with van der Waals surface area (Å²) in [7, 11) is 4.52. The standard InChI is InChI=1S/C37H31Cl2FN6O8/c1-42-26-17-29(54-3)28(53-2)16-25(26)41-24(31(42)48)12-13-43-34(51)44-14-11-23-27(46(44)35(43)52)18-36(38)32(49)45(21-9-7-20(40)8-10-21)33(50)37(36,39)30(23)19-5-4-6-22(47)15-19/h4-11,15-17,27,30,47H,12-14,18H2,1-3H3. The Bertz CT molecular complexity index is 2650. The Hall–Kier alpha value is -5.67. The lowest BCUT2D eigenvalue weighted by atomic mass is 9.64. The van der Waals surface area contributed by atoms with E-state index >= 15 is 0 Å². The summed E-state index contributed by atoms with van der Waals surface area (Å²) < 4.78 is 29.4. The molecule has 4 atom stereocenters. The number of nitrogens with zero attached hydrogens (tertiary/aromatic N) is 6. The summed E-state index contributed by atoms with van der Waals surface area (Å²) in [6.07, 6.45) is 1.21. The molecule has 2 fully saturated rings. The quantitative estimate of drug-likeness (QED) is 0.149. The predicted octanol–water partition coefficient (Wildman–Crippen LogP) is 3.36. The van der Waals surface area contributed by atoms with Gasteiger partial charge in [0.05, 0.1) is 43.5 Å². The fraction of sp³-hybridized carbons (Fsp3) is 0.297. The number of allylic oxidation sites excluding steroid dienone is 2. The Balaban J connectivity index is 1.22. The van der Waals surface area contributed by atoms with Gasteiger partial charge in [0.25, 0.3) is 17.4 Å². The van der Waals surface area contributed by atoms with E-state index in [-0.39, 0.29) is 43.1 Å². The molecule has 1 N–H and O–H groups in total. The number of fused-ring (bicyclic) bond motifs is 5. The first-order chi connectivity index (χ1) is 25.7. The number of benzene rings is 3. The number of imide groups is 1. The third-order valence-electron chi connectivity index (χ3n) is 10.7. The number of aryl methyl sites for hydroxylation is 2. The van der Waals surface area contributed by atoms with Crippen molar-refractivity contribution in [2.75, 3.05) is 19.1 Å². The fourth-order valence-corrected chi connectivity index (χ4v) is 8.98. The molecule has 14 nitrogen and oxygen atoms in total. The van der Waals surface area contributed by atoms with Crippen LogP contribution in [0.5, 0.6) is 17.2 Å². The molecule has 2 aromatic heterocycles. The van der Waals surface area contributed by atoms with Gasteiger partial charge in [-0.05, 0) is 47.5 Å². The summed E-state index contributed by atoms with van der Waals surface area (Å²) in [5.41, 5.74) is -0.0364. The van der Waals surface area contributed by atoms with Gasteiger partial charge in [0.15, 0.2) is 21.2 Å². The zero-order valence-corrected chi connectivity index (χ0v) is 30.5. The van der Waals surface area contributed by atoms with Gasteiger partial charge in [0.1, 0.15) is 17.3 Å². The van der Waals surface area contributed by atoms with E-state index in [1.165, 1.54) is 52.4 Å². The summed E-state index contributed by atoms with van der Waals surface area (Å²) >= 11 is 14.7. The van der Waals surface area contributed by atoms with Crippen molar-refractivity contribution in [1.82, 2.24) is 23.5 Å². The Morgan fingerprint density at radius 1 is 0.944 bits per heavy atom. The molecule has 3 aromatic carbocycles. The SMILES string of the molecule is COc1cc2nc(CCn3c(=O)n4n(c3=O)C3CC5(Cl)C(=O)N(c6ccc(F)cc6)C(=O)C5(Cl)C(c5cccc(O)c5)C3=CC4)c(=O)n(C)c2cc1OC. The van der Waals surface area contributed by atoms with Crippen LogP contribution in [-0.4, -0.2) is 64.4 Å². The summed E-state index contributed by atoms with van der Waals surface area (Å²) in [6, 6.07) is 12.9. The minimum Gasteiger partial charge on any atom is -0.508 e. The van der Waals surface area contributed by atoms with Gasteiger partial charge in [0.2, 0.25) is 0 Å². The molecule has 278 valence electrons. The van der Waals surface area contributed by atoms with E-state index in [0.717, 1.165) is 21.6 Å². The number of phenolic OH excluding ortho intramolecular Hbond substituents is 1. The summed E-state index contributed by atoms with van der Waals surface area (Å²) in [4.78, 5) is 71.4. The van der Waals surface area contributed by atoms with Crippen molar-refractivity contribution < 1.29 is 28.6 Å². The molecule has 8 rings (SSSR count). The van der Waals surface area contributed by atoms with E-state index in [0.29, 0.717) is 33.7 Å². The lowest BCUT2D eigenvalue weighted by Crippen LogP contribution is -2.59. The van der Waals surface area contributed by atoms with Crippen LogP contribution in [0.3, 0.4) is 0 Å². The summed E-state index contributed by atoms with van der Waals surface area (Å²) in [5, 5.41) is 10.5. The van der Waals surface area contributed by atoms with Gasteiger partial charge in [-0.3, -0.25) is 14.4 Å². The number of aromatic nitrogens is 5. The predicted molar refractivity (Wildman–Crippen MR) is 195 cm³/mol. The number of phenols is 1. The Kier molecular flexibility index (Phi) is 8.15. The maximum Gasteiger partial charge on any atom is 0.347 e. The van der Waals surface area contributed by atoms with Crippen LogP contribution >= 0.6 is 23.2 Å². The molecule has 1 saturated heterocycles. The van der Waals surface area contributed by atoms with E-state index in [4.69, 9.17) is 32.7 Å². The Labute approximate surface area is 314 Å². The number of ether oxygens (including phenoxy) is 2. The van der Waals surface area contributed by atoms with Gasteiger partial charge >= 0.3 is 11.4 Å². The number of hydrogen-bond donors (Lipinski definition) is 1. The van der Waals surface area contributed by atoms with Crippen molar-refractivity contribution in [2.24, 2.45) is 7.05 Å². The number of aromatic hydroxyl groups is 1. The monoisotopic (exact) mass is 776 g/mol. The molecule has 2 aliphatic heterocycles. The smallest absolute Gasteiger partial charge is 0.347 e. The lowest BCUT2D eigenvalue weighted by Gasteiger charge is -2.49. The number of carbonyl (C=O) groups is 2. The van der Waals surface area contributed by atoms with Crippen LogP contribution in [-0.2, 0) is 36.1 Å². The number of carbonyl (C=O) groups excluding carboxylic acids is 2. The van der Waals surface area contributed by atoms with Crippen molar-refractivity contribution in [1.29, 1.82) is 0 Å². The van der Waals surface area contributed by atoms with Gasteiger partial charge in [-0.2, -0.15) is 0 Å². The number of amides is 2. The average Bonchev–Trinajstić information content (AvgIpc) is 3.49.